The topological polar surface area (TPSA) is 84.1 Å². The number of aromatic nitrogens is 2. The summed E-state index contributed by atoms with van der Waals surface area (Å²) in [4.78, 5) is 31.8. The molecule has 0 aliphatic carbocycles. The first-order valence-electron chi connectivity index (χ1n) is 8.14. The van der Waals surface area contributed by atoms with Gasteiger partial charge in [-0.1, -0.05) is 13.0 Å². The SMILES string of the molecule is C=CCC(NC(=O)c1[nH]c(CC)c(C(=O)OC)c1C)c1ccncc1. The zero-order valence-electron chi connectivity index (χ0n) is 14.8. The Morgan fingerprint density at radius 1 is 1.40 bits per heavy atom. The van der Waals surface area contributed by atoms with E-state index in [1.165, 1.54) is 7.11 Å². The molecule has 132 valence electrons. The fraction of sp³-hybridized carbons (Fsp3) is 0.316. The number of nitrogens with zero attached hydrogens (tertiary/aromatic N) is 1. The number of amides is 1. The monoisotopic (exact) mass is 341 g/mol. The van der Waals surface area contributed by atoms with Crippen LogP contribution in [0.4, 0.5) is 0 Å². The molecule has 2 N–H and O–H groups in total. The van der Waals surface area contributed by atoms with Crippen molar-refractivity contribution in [1.82, 2.24) is 15.3 Å². The van der Waals surface area contributed by atoms with Gasteiger partial charge >= 0.3 is 5.97 Å². The van der Waals surface area contributed by atoms with Crippen LogP contribution in [0.15, 0.2) is 37.2 Å². The van der Waals surface area contributed by atoms with Gasteiger partial charge in [-0.25, -0.2) is 4.79 Å². The molecule has 0 fully saturated rings. The number of hydrogen-bond donors (Lipinski definition) is 2. The molecule has 6 heteroatoms. The van der Waals surface area contributed by atoms with E-state index in [2.05, 4.69) is 21.9 Å². The second-order valence-corrected chi connectivity index (χ2v) is 5.65. The largest absolute Gasteiger partial charge is 0.465 e. The number of nitrogens with one attached hydrogen (secondary N) is 2. The summed E-state index contributed by atoms with van der Waals surface area (Å²) in [6.45, 7) is 7.41. The third-order valence-corrected chi connectivity index (χ3v) is 4.11. The van der Waals surface area contributed by atoms with Gasteiger partial charge in [-0.15, -0.1) is 6.58 Å². The van der Waals surface area contributed by atoms with Crippen LogP contribution >= 0.6 is 0 Å². The first-order valence-corrected chi connectivity index (χ1v) is 8.14. The highest BCUT2D eigenvalue weighted by molar-refractivity contribution is 6.00. The van der Waals surface area contributed by atoms with Gasteiger partial charge in [0.1, 0.15) is 5.69 Å². The Morgan fingerprint density at radius 3 is 2.64 bits per heavy atom. The van der Waals surface area contributed by atoms with Crippen molar-refractivity contribution in [3.63, 3.8) is 0 Å². The van der Waals surface area contributed by atoms with E-state index >= 15 is 0 Å². The van der Waals surface area contributed by atoms with Gasteiger partial charge in [0.25, 0.3) is 5.91 Å². The van der Waals surface area contributed by atoms with E-state index in [-0.39, 0.29) is 11.9 Å². The molecule has 2 rings (SSSR count). The summed E-state index contributed by atoms with van der Waals surface area (Å²) in [7, 11) is 1.33. The minimum absolute atomic E-state index is 0.220. The Kier molecular flexibility index (Phi) is 6.11. The summed E-state index contributed by atoms with van der Waals surface area (Å²) in [6.07, 6.45) is 6.30. The lowest BCUT2D eigenvalue weighted by Gasteiger charge is -2.17. The maximum atomic E-state index is 12.8. The average molecular weight is 341 g/mol. The van der Waals surface area contributed by atoms with Crippen LogP contribution in [0.5, 0.6) is 0 Å². The molecule has 25 heavy (non-hydrogen) atoms. The van der Waals surface area contributed by atoms with E-state index in [9.17, 15) is 9.59 Å². The molecular weight excluding hydrogens is 318 g/mol. The second kappa shape index (κ2) is 8.28. The van der Waals surface area contributed by atoms with Gasteiger partial charge in [-0.05, 0) is 43.0 Å². The quantitative estimate of drug-likeness (QED) is 0.599. The Labute approximate surface area is 147 Å². The first kappa shape index (κ1) is 18.4. The summed E-state index contributed by atoms with van der Waals surface area (Å²) in [6, 6.07) is 3.49. The maximum Gasteiger partial charge on any atom is 0.339 e. The molecule has 2 aromatic heterocycles. The molecule has 0 saturated carbocycles. The summed E-state index contributed by atoms with van der Waals surface area (Å²) in [5.74, 6) is -0.715. The molecule has 0 radical (unpaired) electrons. The van der Waals surface area contributed by atoms with Crippen molar-refractivity contribution >= 4 is 11.9 Å². The maximum absolute atomic E-state index is 12.8. The number of aromatic amines is 1. The van der Waals surface area contributed by atoms with Gasteiger partial charge in [0.15, 0.2) is 0 Å². The predicted octanol–water partition coefficient (Wildman–Crippen LogP) is 3.11. The molecule has 0 aliphatic rings. The molecule has 0 bridgehead atoms. The third-order valence-electron chi connectivity index (χ3n) is 4.11. The van der Waals surface area contributed by atoms with Crippen LogP contribution in [0.25, 0.3) is 0 Å². The van der Waals surface area contributed by atoms with Crippen LogP contribution in [0.1, 0.15) is 57.1 Å². The number of rotatable bonds is 7. The molecule has 1 unspecified atom stereocenters. The van der Waals surface area contributed by atoms with Gasteiger partial charge in [-0.3, -0.25) is 9.78 Å². The number of H-pyrrole nitrogens is 1. The van der Waals surface area contributed by atoms with E-state index in [1.807, 2.05) is 19.1 Å². The van der Waals surface area contributed by atoms with E-state index in [0.717, 1.165) is 5.56 Å². The van der Waals surface area contributed by atoms with Crippen molar-refractivity contribution in [2.24, 2.45) is 0 Å². The molecule has 2 aromatic rings. The lowest BCUT2D eigenvalue weighted by atomic mass is 10.0. The smallest absolute Gasteiger partial charge is 0.339 e. The summed E-state index contributed by atoms with van der Waals surface area (Å²) in [5, 5.41) is 2.99. The van der Waals surface area contributed by atoms with E-state index in [4.69, 9.17) is 4.74 Å². The highest BCUT2D eigenvalue weighted by Crippen LogP contribution is 2.22. The second-order valence-electron chi connectivity index (χ2n) is 5.65. The Bertz CT molecular complexity index is 766. The highest BCUT2D eigenvalue weighted by atomic mass is 16.5. The van der Waals surface area contributed by atoms with Crippen LogP contribution in [0, 0.1) is 6.92 Å². The normalized spacial score (nSPS) is 11.6. The van der Waals surface area contributed by atoms with Crippen LogP contribution in [-0.4, -0.2) is 29.0 Å². The minimum Gasteiger partial charge on any atom is -0.465 e. The van der Waals surface area contributed by atoms with Crippen LogP contribution in [-0.2, 0) is 11.2 Å². The van der Waals surface area contributed by atoms with Gasteiger partial charge in [-0.2, -0.15) is 0 Å². The lowest BCUT2D eigenvalue weighted by Crippen LogP contribution is -2.29. The standard InChI is InChI=1S/C19H23N3O3/c1-5-7-15(13-8-10-20-11-9-13)22-18(23)17-12(3)16(19(24)25-4)14(6-2)21-17/h5,8-11,15,21H,1,6-7H2,2-4H3,(H,22,23). The summed E-state index contributed by atoms with van der Waals surface area (Å²) >= 11 is 0. The molecular formula is C19H23N3O3. The minimum atomic E-state index is -0.443. The Morgan fingerprint density at radius 2 is 2.08 bits per heavy atom. The molecule has 0 saturated heterocycles. The Balaban J connectivity index is 2.32. The molecule has 0 spiro atoms. The average Bonchev–Trinajstić information content (AvgIpc) is 2.98. The number of hydrogen-bond acceptors (Lipinski definition) is 4. The van der Waals surface area contributed by atoms with Gasteiger partial charge in [0.2, 0.25) is 0 Å². The molecule has 0 aliphatic heterocycles. The number of carbonyl (C=O) groups excluding carboxylic acids is 2. The van der Waals surface area contributed by atoms with Crippen molar-refractivity contribution in [2.75, 3.05) is 7.11 Å². The zero-order chi connectivity index (χ0) is 18.4. The molecule has 2 heterocycles. The van der Waals surface area contributed by atoms with Gasteiger partial charge < -0.3 is 15.0 Å². The fourth-order valence-electron chi connectivity index (χ4n) is 2.80. The number of esters is 1. The number of carbonyl (C=O) groups is 2. The van der Waals surface area contributed by atoms with Gasteiger partial charge in [0, 0.05) is 18.1 Å². The predicted molar refractivity (Wildman–Crippen MR) is 95.5 cm³/mol. The molecule has 1 amide bonds. The number of aryl methyl sites for hydroxylation is 1. The third kappa shape index (κ3) is 3.96. The number of pyridine rings is 1. The summed E-state index contributed by atoms with van der Waals surface area (Å²) < 4.78 is 4.83. The van der Waals surface area contributed by atoms with E-state index in [0.29, 0.717) is 35.4 Å². The number of ether oxygens (including phenoxy) is 1. The van der Waals surface area contributed by atoms with Gasteiger partial charge in [0.05, 0.1) is 18.7 Å². The fourth-order valence-corrected chi connectivity index (χ4v) is 2.80. The molecule has 0 aromatic carbocycles. The van der Waals surface area contributed by atoms with Crippen molar-refractivity contribution in [3.05, 3.63) is 65.3 Å². The molecule has 1 atom stereocenters. The first-order chi connectivity index (χ1) is 12.0. The molecule has 6 nitrogen and oxygen atoms in total. The van der Waals surface area contributed by atoms with Crippen molar-refractivity contribution in [2.45, 2.75) is 32.7 Å². The van der Waals surface area contributed by atoms with E-state index in [1.54, 1.807) is 25.4 Å². The zero-order valence-corrected chi connectivity index (χ0v) is 14.8. The Hall–Kier alpha value is -2.89. The van der Waals surface area contributed by atoms with E-state index < -0.39 is 5.97 Å². The van der Waals surface area contributed by atoms with Crippen LogP contribution in [0.2, 0.25) is 0 Å². The van der Waals surface area contributed by atoms with Crippen molar-refractivity contribution < 1.29 is 14.3 Å². The van der Waals surface area contributed by atoms with Crippen molar-refractivity contribution in [1.29, 1.82) is 0 Å². The highest BCUT2D eigenvalue weighted by Gasteiger charge is 2.25. The van der Waals surface area contributed by atoms with Crippen LogP contribution in [0.3, 0.4) is 0 Å². The number of methoxy groups -OCH3 is 1. The van der Waals surface area contributed by atoms with Crippen molar-refractivity contribution in [3.8, 4) is 0 Å². The van der Waals surface area contributed by atoms with Crippen LogP contribution < -0.4 is 5.32 Å². The lowest BCUT2D eigenvalue weighted by molar-refractivity contribution is 0.0599. The summed E-state index contributed by atoms with van der Waals surface area (Å²) in [5.41, 5.74) is 3.03.